The number of carbonyl (C=O) groups is 1. The molecule has 2 N–H and O–H groups in total. The van der Waals surface area contributed by atoms with Gasteiger partial charge in [0.25, 0.3) is 5.91 Å². The number of halogens is 3. The summed E-state index contributed by atoms with van der Waals surface area (Å²) in [5, 5.41) is 4.95. The lowest BCUT2D eigenvalue weighted by Gasteiger charge is -2.09. The summed E-state index contributed by atoms with van der Waals surface area (Å²) in [5.74, 6) is 0.945. The Hall–Kier alpha value is -2.12. The third-order valence-electron chi connectivity index (χ3n) is 4.71. The van der Waals surface area contributed by atoms with Crippen LogP contribution in [-0.2, 0) is 4.79 Å². The van der Waals surface area contributed by atoms with E-state index in [9.17, 15) is 4.79 Å². The average Bonchev–Trinajstić information content (AvgIpc) is 3.15. The van der Waals surface area contributed by atoms with Crippen molar-refractivity contribution in [3.05, 3.63) is 81.2 Å². The fourth-order valence-corrected chi connectivity index (χ4v) is 5.00. The highest BCUT2D eigenvalue weighted by molar-refractivity contribution is 9.10. The molecule has 0 saturated carbocycles. The number of ether oxygens (including phenoxy) is 1. The van der Waals surface area contributed by atoms with Crippen LogP contribution < -0.4 is 10.1 Å². The van der Waals surface area contributed by atoms with E-state index in [0.717, 1.165) is 27.0 Å². The molecule has 164 valence electrons. The Bertz CT molecular complexity index is 1240. The monoisotopic (exact) mass is 548 g/mol. The van der Waals surface area contributed by atoms with Crippen molar-refractivity contribution >= 4 is 67.7 Å². The third-order valence-corrected chi connectivity index (χ3v) is 6.89. The molecule has 0 saturated heterocycles. The molecular weight excluding hydrogens is 531 g/mol. The molecule has 1 heterocycles. The summed E-state index contributed by atoms with van der Waals surface area (Å²) in [6.07, 6.45) is 0. The van der Waals surface area contributed by atoms with Crippen molar-refractivity contribution in [2.45, 2.75) is 4.90 Å². The predicted octanol–water partition coefficient (Wildman–Crippen LogP) is 7.19. The summed E-state index contributed by atoms with van der Waals surface area (Å²) in [6.45, 7) is 0.406. The number of aromatic nitrogens is 1. The first-order valence-electron chi connectivity index (χ1n) is 9.85. The van der Waals surface area contributed by atoms with Crippen LogP contribution in [0.4, 0.5) is 0 Å². The standard InChI is InChI=1S/C24H19BrCl2N2O2S/c25-16-7-5-15(6-8-16)23-24(18-3-1-2-4-20(18)29-23)32-12-11-28-22(30)14-31-21-10-9-17(26)13-19(21)27/h1-10,13,29H,11-12,14H2,(H,28,30). The molecule has 4 nitrogen and oxygen atoms in total. The van der Waals surface area contributed by atoms with Gasteiger partial charge in [-0.05, 0) is 42.0 Å². The van der Waals surface area contributed by atoms with Crippen molar-refractivity contribution in [3.63, 3.8) is 0 Å². The third kappa shape index (κ3) is 5.62. The van der Waals surface area contributed by atoms with Crippen LogP contribution in [0.15, 0.2) is 76.1 Å². The zero-order chi connectivity index (χ0) is 22.5. The highest BCUT2D eigenvalue weighted by atomic mass is 79.9. The summed E-state index contributed by atoms with van der Waals surface area (Å²) in [6, 6.07) is 21.4. The Kier molecular flexibility index (Phi) is 7.68. The Morgan fingerprint density at radius 2 is 1.84 bits per heavy atom. The quantitative estimate of drug-likeness (QED) is 0.180. The first kappa shape index (κ1) is 23.1. The molecule has 0 aliphatic carbocycles. The number of hydrogen-bond acceptors (Lipinski definition) is 3. The molecule has 0 spiro atoms. The SMILES string of the molecule is O=C(COc1ccc(Cl)cc1Cl)NCCSc1c(-c2ccc(Br)cc2)[nH]c2ccccc12. The molecule has 0 unspecified atom stereocenters. The minimum absolute atomic E-state index is 0.108. The maximum Gasteiger partial charge on any atom is 0.257 e. The molecular formula is C24H19BrCl2N2O2S. The summed E-state index contributed by atoms with van der Waals surface area (Å²) in [4.78, 5) is 16.9. The fourth-order valence-electron chi connectivity index (χ4n) is 3.22. The molecule has 0 aliphatic heterocycles. The predicted molar refractivity (Wildman–Crippen MR) is 137 cm³/mol. The molecule has 3 aromatic carbocycles. The number of thioether (sulfide) groups is 1. The largest absolute Gasteiger partial charge is 0.482 e. The van der Waals surface area contributed by atoms with Crippen LogP contribution in [0.1, 0.15) is 0 Å². The van der Waals surface area contributed by atoms with Crippen LogP contribution in [0.2, 0.25) is 10.0 Å². The van der Waals surface area contributed by atoms with Gasteiger partial charge in [0.2, 0.25) is 0 Å². The van der Waals surface area contributed by atoms with Gasteiger partial charge in [-0.2, -0.15) is 0 Å². The van der Waals surface area contributed by atoms with Crippen molar-refractivity contribution in [2.24, 2.45) is 0 Å². The van der Waals surface area contributed by atoms with Crippen LogP contribution in [-0.4, -0.2) is 29.8 Å². The number of rotatable bonds is 8. The van der Waals surface area contributed by atoms with E-state index in [1.165, 1.54) is 10.3 Å². The van der Waals surface area contributed by atoms with Gasteiger partial charge in [-0.25, -0.2) is 0 Å². The number of amides is 1. The van der Waals surface area contributed by atoms with Gasteiger partial charge in [-0.1, -0.05) is 69.5 Å². The number of hydrogen-bond donors (Lipinski definition) is 2. The molecule has 1 amide bonds. The smallest absolute Gasteiger partial charge is 0.257 e. The van der Waals surface area contributed by atoms with Crippen LogP contribution in [0.3, 0.4) is 0 Å². The number of fused-ring (bicyclic) bond motifs is 1. The van der Waals surface area contributed by atoms with E-state index < -0.39 is 0 Å². The normalized spacial score (nSPS) is 11.0. The summed E-state index contributed by atoms with van der Waals surface area (Å²) >= 11 is 17.1. The van der Waals surface area contributed by atoms with Gasteiger partial charge in [0.15, 0.2) is 6.61 Å². The second-order valence-electron chi connectivity index (χ2n) is 6.94. The van der Waals surface area contributed by atoms with Gasteiger partial charge in [0, 0.05) is 37.6 Å². The summed E-state index contributed by atoms with van der Waals surface area (Å²) in [7, 11) is 0. The first-order valence-corrected chi connectivity index (χ1v) is 12.4. The van der Waals surface area contributed by atoms with E-state index in [2.05, 4.69) is 50.5 Å². The molecule has 0 fully saturated rings. The molecule has 0 bridgehead atoms. The van der Waals surface area contributed by atoms with E-state index in [1.807, 2.05) is 24.3 Å². The number of benzene rings is 3. The number of para-hydroxylation sites is 1. The number of carbonyl (C=O) groups excluding carboxylic acids is 1. The zero-order valence-electron chi connectivity index (χ0n) is 16.8. The second kappa shape index (κ2) is 10.7. The van der Waals surface area contributed by atoms with E-state index in [-0.39, 0.29) is 12.5 Å². The van der Waals surface area contributed by atoms with E-state index in [0.29, 0.717) is 22.3 Å². The Morgan fingerprint density at radius 1 is 1.06 bits per heavy atom. The number of aromatic amines is 1. The van der Waals surface area contributed by atoms with Crippen LogP contribution >= 0.6 is 50.9 Å². The zero-order valence-corrected chi connectivity index (χ0v) is 20.7. The summed E-state index contributed by atoms with van der Waals surface area (Å²) < 4.78 is 6.52. The Labute approximate surface area is 208 Å². The first-order chi connectivity index (χ1) is 15.5. The lowest BCUT2D eigenvalue weighted by molar-refractivity contribution is -0.122. The average molecular weight is 550 g/mol. The van der Waals surface area contributed by atoms with Crippen LogP contribution in [0.25, 0.3) is 22.2 Å². The lowest BCUT2D eigenvalue weighted by atomic mass is 10.1. The molecule has 0 aliphatic rings. The van der Waals surface area contributed by atoms with Gasteiger partial charge in [-0.15, -0.1) is 11.8 Å². The van der Waals surface area contributed by atoms with Gasteiger partial charge in [-0.3, -0.25) is 4.79 Å². The second-order valence-corrected chi connectivity index (χ2v) is 9.81. The van der Waals surface area contributed by atoms with Crippen LogP contribution in [0.5, 0.6) is 5.75 Å². The van der Waals surface area contributed by atoms with Gasteiger partial charge >= 0.3 is 0 Å². The lowest BCUT2D eigenvalue weighted by Crippen LogP contribution is -2.30. The molecule has 32 heavy (non-hydrogen) atoms. The van der Waals surface area contributed by atoms with E-state index in [4.69, 9.17) is 27.9 Å². The molecule has 1 aromatic heterocycles. The van der Waals surface area contributed by atoms with Gasteiger partial charge in [0.05, 0.1) is 10.7 Å². The highest BCUT2D eigenvalue weighted by Crippen LogP contribution is 2.37. The molecule has 4 rings (SSSR count). The van der Waals surface area contributed by atoms with Crippen molar-refractivity contribution in [1.29, 1.82) is 0 Å². The molecule has 0 radical (unpaired) electrons. The number of nitrogens with one attached hydrogen (secondary N) is 2. The molecule has 4 aromatic rings. The molecule has 0 atom stereocenters. The molecule has 8 heteroatoms. The van der Waals surface area contributed by atoms with Crippen LogP contribution in [0, 0.1) is 0 Å². The topological polar surface area (TPSA) is 54.1 Å². The van der Waals surface area contributed by atoms with E-state index in [1.54, 1.807) is 30.0 Å². The minimum atomic E-state index is -0.205. The minimum Gasteiger partial charge on any atom is -0.482 e. The van der Waals surface area contributed by atoms with Gasteiger partial charge in [0.1, 0.15) is 5.75 Å². The van der Waals surface area contributed by atoms with E-state index >= 15 is 0 Å². The highest BCUT2D eigenvalue weighted by Gasteiger charge is 2.14. The fraction of sp³-hybridized carbons (Fsp3) is 0.125. The van der Waals surface area contributed by atoms with Crippen molar-refractivity contribution < 1.29 is 9.53 Å². The number of H-pyrrole nitrogens is 1. The summed E-state index contributed by atoms with van der Waals surface area (Å²) in [5.41, 5.74) is 3.28. The van der Waals surface area contributed by atoms with Crippen molar-refractivity contribution in [2.75, 3.05) is 18.9 Å². The van der Waals surface area contributed by atoms with Crippen molar-refractivity contribution in [3.8, 4) is 17.0 Å². The Balaban J connectivity index is 1.36. The maximum absolute atomic E-state index is 12.2. The maximum atomic E-state index is 12.2. The van der Waals surface area contributed by atoms with Gasteiger partial charge < -0.3 is 15.0 Å². The van der Waals surface area contributed by atoms with Crippen molar-refractivity contribution in [1.82, 2.24) is 10.3 Å². The Morgan fingerprint density at radius 3 is 2.62 bits per heavy atom.